The number of benzene rings is 1. The number of hydrogen-bond acceptors (Lipinski definition) is 4. The number of nitrogens with zero attached hydrogens (tertiary/aromatic N) is 2. The summed E-state index contributed by atoms with van der Waals surface area (Å²) < 4.78 is 5.29. The molecule has 3 amide bonds. The monoisotopic (exact) mass is 318 g/mol. The summed E-state index contributed by atoms with van der Waals surface area (Å²) >= 11 is 0. The molecule has 122 valence electrons. The van der Waals surface area contributed by atoms with Crippen LogP contribution in [0, 0.1) is 5.92 Å². The van der Waals surface area contributed by atoms with Crippen molar-refractivity contribution < 1.29 is 24.2 Å². The molecule has 7 nitrogen and oxygen atoms in total. The van der Waals surface area contributed by atoms with Gasteiger partial charge in [0.15, 0.2) is 0 Å². The van der Waals surface area contributed by atoms with Crippen LogP contribution < -0.4 is 0 Å². The van der Waals surface area contributed by atoms with E-state index in [1.165, 1.54) is 16.9 Å². The number of likely N-dealkylation sites (tertiary alicyclic amines) is 1. The molecule has 0 aromatic heterocycles. The van der Waals surface area contributed by atoms with Crippen LogP contribution in [0.2, 0.25) is 0 Å². The first-order valence-electron chi connectivity index (χ1n) is 7.47. The van der Waals surface area contributed by atoms with Crippen molar-refractivity contribution in [1.82, 2.24) is 9.80 Å². The van der Waals surface area contributed by atoms with Crippen LogP contribution in [0.4, 0.5) is 4.79 Å². The largest absolute Gasteiger partial charge is 0.465 e. The fourth-order valence-electron chi connectivity index (χ4n) is 3.28. The van der Waals surface area contributed by atoms with Crippen molar-refractivity contribution in [2.75, 3.05) is 26.7 Å². The van der Waals surface area contributed by atoms with Gasteiger partial charge in [-0.15, -0.1) is 0 Å². The predicted molar refractivity (Wildman–Crippen MR) is 80.3 cm³/mol. The normalized spacial score (nSPS) is 24.0. The maximum absolute atomic E-state index is 12.4. The lowest BCUT2D eigenvalue weighted by Gasteiger charge is -2.36. The Bertz CT molecular complexity index is 625. The smallest absolute Gasteiger partial charge is 0.407 e. The average Bonchev–Trinajstić information content (AvgIpc) is 2.80. The van der Waals surface area contributed by atoms with Crippen LogP contribution in [0.3, 0.4) is 0 Å². The van der Waals surface area contributed by atoms with Crippen LogP contribution in [-0.2, 0) is 4.74 Å². The first-order valence-corrected chi connectivity index (χ1v) is 7.47. The van der Waals surface area contributed by atoms with E-state index in [4.69, 9.17) is 4.74 Å². The zero-order valence-electron chi connectivity index (χ0n) is 12.8. The van der Waals surface area contributed by atoms with Gasteiger partial charge in [-0.25, -0.2) is 4.79 Å². The van der Waals surface area contributed by atoms with Gasteiger partial charge >= 0.3 is 6.09 Å². The van der Waals surface area contributed by atoms with E-state index in [0.29, 0.717) is 30.6 Å². The van der Waals surface area contributed by atoms with E-state index >= 15 is 0 Å². The van der Waals surface area contributed by atoms with Crippen molar-refractivity contribution in [3.63, 3.8) is 0 Å². The highest BCUT2D eigenvalue weighted by molar-refractivity contribution is 6.21. The lowest BCUT2D eigenvalue weighted by atomic mass is 9.95. The molecule has 7 heteroatoms. The van der Waals surface area contributed by atoms with Crippen LogP contribution >= 0.6 is 0 Å². The number of hydrogen-bond donors (Lipinski definition) is 1. The van der Waals surface area contributed by atoms with E-state index in [1.807, 2.05) is 0 Å². The number of ether oxygens (including phenoxy) is 1. The predicted octanol–water partition coefficient (Wildman–Crippen LogP) is 1.30. The standard InChI is InChI=1S/C16H18N2O5/c1-23-11-6-10(7-17(9-11)16(21)22)8-18-14(19)12-4-2-3-5-13(12)15(18)20/h2-5,10-11H,6-9H2,1H3,(H,21,22). The quantitative estimate of drug-likeness (QED) is 0.849. The van der Waals surface area contributed by atoms with E-state index in [1.54, 1.807) is 24.3 Å². The number of imide groups is 1. The molecule has 0 radical (unpaired) electrons. The molecular formula is C16H18N2O5. The molecule has 1 aromatic carbocycles. The summed E-state index contributed by atoms with van der Waals surface area (Å²) in [5.74, 6) is -0.758. The number of carbonyl (C=O) groups excluding carboxylic acids is 2. The summed E-state index contributed by atoms with van der Waals surface area (Å²) in [6, 6.07) is 6.72. The molecule has 0 bridgehead atoms. The maximum Gasteiger partial charge on any atom is 0.407 e. The number of fused-ring (bicyclic) bond motifs is 1. The minimum absolute atomic E-state index is 0.132. The molecule has 2 aliphatic rings. The molecule has 1 saturated heterocycles. The van der Waals surface area contributed by atoms with Gasteiger partial charge in [-0.3, -0.25) is 14.5 Å². The molecule has 1 aromatic rings. The summed E-state index contributed by atoms with van der Waals surface area (Å²) in [6.07, 6.45) is -0.618. The lowest BCUT2D eigenvalue weighted by molar-refractivity contribution is 0.00541. The maximum atomic E-state index is 12.4. The van der Waals surface area contributed by atoms with E-state index in [-0.39, 0.29) is 30.4 Å². The highest BCUT2D eigenvalue weighted by atomic mass is 16.5. The Morgan fingerprint density at radius 1 is 1.22 bits per heavy atom. The Balaban J connectivity index is 1.75. The van der Waals surface area contributed by atoms with E-state index in [0.717, 1.165) is 0 Å². The second kappa shape index (κ2) is 6.00. The first kappa shape index (κ1) is 15.5. The summed E-state index contributed by atoms with van der Waals surface area (Å²) in [4.78, 5) is 38.5. The van der Waals surface area contributed by atoms with Crippen molar-refractivity contribution in [1.29, 1.82) is 0 Å². The Labute approximate surface area is 133 Å². The van der Waals surface area contributed by atoms with Crippen molar-refractivity contribution in [2.24, 2.45) is 5.92 Å². The third kappa shape index (κ3) is 2.79. The zero-order chi connectivity index (χ0) is 16.6. The lowest BCUT2D eigenvalue weighted by Crippen LogP contribution is -2.49. The number of piperidine rings is 1. The molecule has 2 atom stereocenters. The minimum atomic E-state index is -1.01. The summed E-state index contributed by atoms with van der Waals surface area (Å²) in [5, 5.41) is 9.20. The molecule has 2 heterocycles. The van der Waals surface area contributed by atoms with Crippen molar-refractivity contribution in [3.05, 3.63) is 35.4 Å². The van der Waals surface area contributed by atoms with Crippen molar-refractivity contribution in [2.45, 2.75) is 12.5 Å². The van der Waals surface area contributed by atoms with Crippen LogP contribution in [0.15, 0.2) is 24.3 Å². The third-order valence-electron chi connectivity index (χ3n) is 4.42. The van der Waals surface area contributed by atoms with Gasteiger partial charge in [-0.2, -0.15) is 0 Å². The van der Waals surface area contributed by atoms with Gasteiger partial charge in [0, 0.05) is 20.2 Å². The second-order valence-electron chi connectivity index (χ2n) is 5.91. The summed E-state index contributed by atoms with van der Waals surface area (Å²) in [7, 11) is 1.54. The topological polar surface area (TPSA) is 87.2 Å². The summed E-state index contributed by atoms with van der Waals surface area (Å²) in [5.41, 5.74) is 0.818. The SMILES string of the molecule is COC1CC(CN2C(=O)c3ccccc3C2=O)CN(C(=O)O)C1. The van der Waals surface area contributed by atoms with Gasteiger partial charge in [0.25, 0.3) is 11.8 Å². The Kier molecular flexibility index (Phi) is 4.04. The van der Waals surface area contributed by atoms with Crippen LogP contribution in [0.25, 0.3) is 0 Å². The summed E-state index contributed by atoms with van der Waals surface area (Å²) in [6.45, 7) is 0.809. The minimum Gasteiger partial charge on any atom is -0.465 e. The van der Waals surface area contributed by atoms with Gasteiger partial charge < -0.3 is 14.7 Å². The second-order valence-corrected chi connectivity index (χ2v) is 5.91. The fraction of sp³-hybridized carbons (Fsp3) is 0.438. The average molecular weight is 318 g/mol. The molecule has 2 unspecified atom stereocenters. The van der Waals surface area contributed by atoms with Gasteiger partial charge in [0.2, 0.25) is 0 Å². The highest BCUT2D eigenvalue weighted by Gasteiger charge is 2.38. The first-order chi connectivity index (χ1) is 11.0. The van der Waals surface area contributed by atoms with E-state index in [2.05, 4.69) is 0 Å². The number of rotatable bonds is 3. The zero-order valence-corrected chi connectivity index (χ0v) is 12.8. The Hall–Kier alpha value is -2.41. The Morgan fingerprint density at radius 3 is 2.35 bits per heavy atom. The van der Waals surface area contributed by atoms with Gasteiger partial charge in [0.05, 0.1) is 23.8 Å². The van der Waals surface area contributed by atoms with Crippen LogP contribution in [0.5, 0.6) is 0 Å². The molecule has 3 rings (SSSR count). The number of methoxy groups -OCH3 is 1. The number of carboxylic acid groups (broad SMARTS) is 1. The van der Waals surface area contributed by atoms with E-state index < -0.39 is 6.09 Å². The number of carbonyl (C=O) groups is 3. The van der Waals surface area contributed by atoms with Gasteiger partial charge in [-0.05, 0) is 24.5 Å². The van der Waals surface area contributed by atoms with Crippen molar-refractivity contribution >= 4 is 17.9 Å². The molecule has 0 aliphatic carbocycles. The number of amides is 3. The highest BCUT2D eigenvalue weighted by Crippen LogP contribution is 2.26. The molecule has 0 spiro atoms. The van der Waals surface area contributed by atoms with Crippen molar-refractivity contribution in [3.8, 4) is 0 Å². The van der Waals surface area contributed by atoms with E-state index in [9.17, 15) is 19.5 Å². The molecule has 1 fully saturated rings. The molecule has 2 aliphatic heterocycles. The van der Waals surface area contributed by atoms with Crippen LogP contribution in [-0.4, -0.2) is 65.7 Å². The Morgan fingerprint density at radius 2 is 1.83 bits per heavy atom. The molecule has 23 heavy (non-hydrogen) atoms. The molecule has 0 saturated carbocycles. The van der Waals surface area contributed by atoms with Gasteiger partial charge in [-0.1, -0.05) is 12.1 Å². The van der Waals surface area contributed by atoms with Gasteiger partial charge in [0.1, 0.15) is 0 Å². The fourth-order valence-corrected chi connectivity index (χ4v) is 3.28. The molecule has 1 N–H and O–H groups in total. The molecular weight excluding hydrogens is 300 g/mol. The van der Waals surface area contributed by atoms with Crippen LogP contribution in [0.1, 0.15) is 27.1 Å². The third-order valence-corrected chi connectivity index (χ3v) is 4.42.